The van der Waals surface area contributed by atoms with Crippen LogP contribution in [0.3, 0.4) is 0 Å². The Balaban J connectivity index is 1.66. The van der Waals surface area contributed by atoms with Gasteiger partial charge in [-0.3, -0.25) is 4.79 Å². The molecule has 2 aliphatic rings. The molecule has 3 nitrogen and oxygen atoms in total. The van der Waals surface area contributed by atoms with E-state index in [0.29, 0.717) is 23.3 Å². The molecule has 2 saturated carbocycles. The number of nitrogens with one attached hydrogen (secondary N) is 1. The number of carbonyl (C=O) groups is 1. The molecule has 2 bridgehead atoms. The maximum atomic E-state index is 12.4. The second-order valence-corrected chi connectivity index (χ2v) is 6.61. The van der Waals surface area contributed by atoms with Crippen molar-refractivity contribution in [1.82, 2.24) is 5.32 Å². The summed E-state index contributed by atoms with van der Waals surface area (Å²) in [6.07, 6.45) is 5.49. The summed E-state index contributed by atoms with van der Waals surface area (Å²) in [5, 5.41) is 13.8. The number of thiophene rings is 1. The van der Waals surface area contributed by atoms with Crippen molar-refractivity contribution >= 4 is 17.2 Å². The van der Waals surface area contributed by atoms with Crippen LogP contribution in [0.2, 0.25) is 0 Å². The topological polar surface area (TPSA) is 49.3 Å². The predicted octanol–water partition coefficient (Wildman–Crippen LogP) is 2.40. The maximum absolute atomic E-state index is 12.4. The third kappa shape index (κ3) is 2.74. The zero-order valence-electron chi connectivity index (χ0n) is 11.4. The normalized spacial score (nSPS) is 27.1. The Morgan fingerprint density at radius 1 is 1.45 bits per heavy atom. The molecule has 0 radical (unpaired) electrons. The average Bonchev–Trinajstić information content (AvgIpc) is 3.14. The Hall–Kier alpha value is -1.31. The van der Waals surface area contributed by atoms with Gasteiger partial charge in [-0.25, -0.2) is 0 Å². The van der Waals surface area contributed by atoms with E-state index in [2.05, 4.69) is 17.2 Å². The first-order valence-corrected chi connectivity index (χ1v) is 8.14. The van der Waals surface area contributed by atoms with Gasteiger partial charge in [0.25, 0.3) is 5.91 Å². The van der Waals surface area contributed by atoms with Crippen LogP contribution in [0.4, 0.5) is 0 Å². The maximum Gasteiger partial charge on any atom is 0.262 e. The molecule has 20 heavy (non-hydrogen) atoms. The second kappa shape index (κ2) is 5.99. The third-order valence-corrected chi connectivity index (χ3v) is 5.30. The first-order chi connectivity index (χ1) is 9.78. The number of aliphatic hydroxyl groups is 1. The van der Waals surface area contributed by atoms with Crippen molar-refractivity contribution in [2.45, 2.75) is 38.1 Å². The smallest absolute Gasteiger partial charge is 0.262 e. The first-order valence-electron chi connectivity index (χ1n) is 7.26. The Morgan fingerprint density at radius 3 is 3.05 bits per heavy atom. The van der Waals surface area contributed by atoms with E-state index < -0.39 is 0 Å². The lowest BCUT2D eigenvalue weighted by Crippen LogP contribution is -2.38. The molecular weight excluding hydrogens is 270 g/mol. The van der Waals surface area contributed by atoms with Gasteiger partial charge in [-0.2, -0.15) is 0 Å². The number of fused-ring (bicyclic) bond motifs is 2. The molecule has 1 amide bonds. The highest BCUT2D eigenvalue weighted by atomic mass is 32.1. The van der Waals surface area contributed by atoms with Gasteiger partial charge in [0.05, 0.1) is 6.61 Å². The van der Waals surface area contributed by atoms with E-state index in [-0.39, 0.29) is 12.5 Å². The standard InChI is InChI=1S/C16H19NO2S/c18-7-2-1-3-12-6-8-20-15(12)16(19)17-14-10-11-4-5-13(14)9-11/h6,8,11,13-14,18H,2,4-5,7,9-10H2,(H,17,19). The lowest BCUT2D eigenvalue weighted by atomic mass is 9.95. The van der Waals surface area contributed by atoms with Gasteiger partial charge in [0.15, 0.2) is 0 Å². The van der Waals surface area contributed by atoms with Gasteiger partial charge in [0, 0.05) is 18.0 Å². The van der Waals surface area contributed by atoms with Crippen LogP contribution in [0.25, 0.3) is 0 Å². The van der Waals surface area contributed by atoms with Gasteiger partial charge < -0.3 is 10.4 Å². The van der Waals surface area contributed by atoms with Gasteiger partial charge in [-0.1, -0.05) is 18.3 Å². The van der Waals surface area contributed by atoms with Gasteiger partial charge in [0.1, 0.15) is 4.88 Å². The van der Waals surface area contributed by atoms with Crippen LogP contribution in [0.15, 0.2) is 11.4 Å². The van der Waals surface area contributed by atoms with E-state index in [0.717, 1.165) is 17.9 Å². The number of rotatable bonds is 3. The Bertz CT molecular complexity index is 554. The highest BCUT2D eigenvalue weighted by molar-refractivity contribution is 7.12. The monoisotopic (exact) mass is 289 g/mol. The minimum atomic E-state index is 0.0193. The van der Waals surface area contributed by atoms with Crippen LogP contribution in [0.5, 0.6) is 0 Å². The van der Waals surface area contributed by atoms with E-state index in [1.165, 1.54) is 30.6 Å². The van der Waals surface area contributed by atoms with Crippen molar-refractivity contribution in [3.63, 3.8) is 0 Å². The molecule has 1 heterocycles. The molecule has 0 aliphatic heterocycles. The van der Waals surface area contributed by atoms with E-state index in [4.69, 9.17) is 5.11 Å². The van der Waals surface area contributed by atoms with Gasteiger partial charge >= 0.3 is 0 Å². The highest BCUT2D eigenvalue weighted by Gasteiger charge is 2.40. The van der Waals surface area contributed by atoms with Crippen molar-refractivity contribution in [3.05, 3.63) is 21.9 Å². The number of aliphatic hydroxyl groups excluding tert-OH is 1. The molecule has 1 aromatic rings. The van der Waals surface area contributed by atoms with E-state index in [9.17, 15) is 4.79 Å². The molecular formula is C16H19NO2S. The van der Waals surface area contributed by atoms with Crippen LogP contribution in [0.1, 0.15) is 47.3 Å². The molecule has 2 N–H and O–H groups in total. The summed E-state index contributed by atoms with van der Waals surface area (Å²) in [5.41, 5.74) is 0.782. The zero-order valence-corrected chi connectivity index (χ0v) is 12.2. The number of hydrogen-bond acceptors (Lipinski definition) is 3. The SMILES string of the molecule is O=C(NC1CC2CCC1C2)c1sccc1C#CCCO. The van der Waals surface area contributed by atoms with Crippen LogP contribution in [0, 0.1) is 23.7 Å². The summed E-state index contributed by atoms with van der Waals surface area (Å²) >= 11 is 1.44. The quantitative estimate of drug-likeness (QED) is 0.840. The molecule has 0 saturated heterocycles. The van der Waals surface area contributed by atoms with Crippen molar-refractivity contribution in [2.24, 2.45) is 11.8 Å². The summed E-state index contributed by atoms with van der Waals surface area (Å²) in [4.78, 5) is 13.1. The molecule has 2 fully saturated rings. The summed E-state index contributed by atoms with van der Waals surface area (Å²) in [5.74, 6) is 7.39. The zero-order chi connectivity index (χ0) is 13.9. The van der Waals surface area contributed by atoms with Crippen molar-refractivity contribution in [1.29, 1.82) is 0 Å². The Kier molecular flexibility index (Phi) is 4.09. The lowest BCUT2D eigenvalue weighted by molar-refractivity contribution is 0.0927. The Morgan fingerprint density at radius 2 is 2.35 bits per heavy atom. The van der Waals surface area contributed by atoms with E-state index in [1.807, 2.05) is 11.4 Å². The largest absolute Gasteiger partial charge is 0.395 e. The van der Waals surface area contributed by atoms with Gasteiger partial charge in [0.2, 0.25) is 0 Å². The molecule has 3 unspecified atom stereocenters. The summed E-state index contributed by atoms with van der Waals surface area (Å²) < 4.78 is 0. The average molecular weight is 289 g/mol. The number of carbonyl (C=O) groups excluding carboxylic acids is 1. The van der Waals surface area contributed by atoms with Crippen molar-refractivity contribution < 1.29 is 9.90 Å². The molecule has 2 aliphatic carbocycles. The summed E-state index contributed by atoms with van der Waals surface area (Å²) in [6.45, 7) is 0.0593. The molecule has 3 rings (SSSR count). The lowest BCUT2D eigenvalue weighted by Gasteiger charge is -2.22. The predicted molar refractivity (Wildman–Crippen MR) is 79.6 cm³/mol. The fourth-order valence-electron chi connectivity index (χ4n) is 3.45. The van der Waals surface area contributed by atoms with Gasteiger partial charge in [-0.15, -0.1) is 11.3 Å². The van der Waals surface area contributed by atoms with Crippen molar-refractivity contribution in [2.75, 3.05) is 6.61 Å². The summed E-state index contributed by atoms with van der Waals surface area (Å²) in [6, 6.07) is 2.24. The first kappa shape index (κ1) is 13.7. The Labute approximate surface area is 123 Å². The molecule has 3 atom stereocenters. The van der Waals surface area contributed by atoms with Crippen LogP contribution >= 0.6 is 11.3 Å². The minimum absolute atomic E-state index is 0.0193. The molecule has 0 spiro atoms. The fraction of sp³-hybridized carbons (Fsp3) is 0.562. The van der Waals surface area contributed by atoms with Crippen LogP contribution in [-0.4, -0.2) is 23.7 Å². The summed E-state index contributed by atoms with van der Waals surface area (Å²) in [7, 11) is 0. The highest BCUT2D eigenvalue weighted by Crippen LogP contribution is 2.44. The third-order valence-electron chi connectivity index (χ3n) is 4.39. The molecule has 106 valence electrons. The molecule has 0 aromatic carbocycles. The number of amides is 1. The van der Waals surface area contributed by atoms with Crippen LogP contribution < -0.4 is 5.32 Å². The number of hydrogen-bond donors (Lipinski definition) is 2. The van der Waals surface area contributed by atoms with E-state index >= 15 is 0 Å². The molecule has 4 heteroatoms. The molecule has 1 aromatic heterocycles. The fourth-order valence-corrected chi connectivity index (χ4v) is 4.20. The van der Waals surface area contributed by atoms with E-state index in [1.54, 1.807) is 0 Å². The van der Waals surface area contributed by atoms with Crippen LogP contribution in [-0.2, 0) is 0 Å². The second-order valence-electron chi connectivity index (χ2n) is 5.69. The van der Waals surface area contributed by atoms with Gasteiger partial charge in [-0.05, 0) is 42.5 Å². The van der Waals surface area contributed by atoms with Crippen molar-refractivity contribution in [3.8, 4) is 11.8 Å². The minimum Gasteiger partial charge on any atom is -0.395 e.